The molecular formula is C17H19FN4O5. The number of carbonyl (C=O) groups excluding carboxylic acids is 2. The van der Waals surface area contributed by atoms with Gasteiger partial charge in [0, 0.05) is 25.4 Å². The molecular weight excluding hydrogens is 359 g/mol. The van der Waals surface area contributed by atoms with Crippen LogP contribution in [0.1, 0.15) is 53.1 Å². The third kappa shape index (κ3) is 2.22. The Morgan fingerprint density at radius 1 is 1.48 bits per heavy atom. The van der Waals surface area contributed by atoms with Gasteiger partial charge in [-0.1, -0.05) is 5.16 Å². The van der Waals surface area contributed by atoms with E-state index in [1.807, 2.05) is 0 Å². The zero-order valence-corrected chi connectivity index (χ0v) is 14.6. The number of oxime groups is 1. The summed E-state index contributed by atoms with van der Waals surface area (Å²) in [6.07, 6.45) is 3.91. The van der Waals surface area contributed by atoms with Crippen LogP contribution in [0.5, 0.6) is 5.75 Å². The quantitative estimate of drug-likeness (QED) is 0.766. The molecule has 0 aromatic carbocycles. The van der Waals surface area contributed by atoms with E-state index in [0.29, 0.717) is 19.3 Å². The van der Waals surface area contributed by atoms with E-state index in [9.17, 15) is 23.9 Å². The van der Waals surface area contributed by atoms with E-state index in [1.165, 1.54) is 15.7 Å². The molecule has 3 aliphatic heterocycles. The third-order valence-corrected chi connectivity index (χ3v) is 5.99. The van der Waals surface area contributed by atoms with Crippen LogP contribution in [0.3, 0.4) is 0 Å². The van der Waals surface area contributed by atoms with Gasteiger partial charge in [-0.15, -0.1) is 0 Å². The number of nitrogens with two attached hydrogens (primary N) is 1. The summed E-state index contributed by atoms with van der Waals surface area (Å²) in [6, 6.07) is -0.578. The van der Waals surface area contributed by atoms with E-state index in [2.05, 4.69) is 5.16 Å². The van der Waals surface area contributed by atoms with Gasteiger partial charge in [-0.25, -0.2) is 4.39 Å². The van der Waals surface area contributed by atoms with Crippen LogP contribution in [0.25, 0.3) is 0 Å². The van der Waals surface area contributed by atoms with E-state index in [4.69, 9.17) is 10.6 Å². The van der Waals surface area contributed by atoms with E-state index in [-0.39, 0.29) is 12.2 Å². The van der Waals surface area contributed by atoms with Crippen molar-refractivity contribution in [2.75, 3.05) is 13.2 Å². The van der Waals surface area contributed by atoms with Crippen molar-refractivity contribution < 1.29 is 23.9 Å². The highest BCUT2D eigenvalue weighted by Gasteiger charge is 2.56. The van der Waals surface area contributed by atoms with Crippen molar-refractivity contribution in [2.24, 2.45) is 10.9 Å². The predicted octanol–water partition coefficient (Wildman–Crippen LogP) is 0.317. The molecule has 1 fully saturated rings. The summed E-state index contributed by atoms with van der Waals surface area (Å²) in [7, 11) is 0. The van der Waals surface area contributed by atoms with Crippen molar-refractivity contribution in [3.8, 4) is 5.75 Å². The number of nitrogens with zero attached hydrogens (tertiary/aromatic N) is 3. The first-order chi connectivity index (χ1) is 12.7. The topological polar surface area (TPSA) is 127 Å². The van der Waals surface area contributed by atoms with E-state index < -0.39 is 52.4 Å². The van der Waals surface area contributed by atoms with Crippen molar-refractivity contribution in [1.82, 2.24) is 9.47 Å². The summed E-state index contributed by atoms with van der Waals surface area (Å²) in [5.41, 5.74) is 1.52. The van der Waals surface area contributed by atoms with Crippen LogP contribution in [0.15, 0.2) is 16.1 Å². The van der Waals surface area contributed by atoms with Gasteiger partial charge in [-0.3, -0.25) is 14.4 Å². The van der Waals surface area contributed by atoms with Gasteiger partial charge >= 0.3 is 0 Å². The van der Waals surface area contributed by atoms with Gasteiger partial charge in [0.1, 0.15) is 12.2 Å². The van der Waals surface area contributed by atoms with Crippen molar-refractivity contribution in [3.05, 3.63) is 27.7 Å². The highest BCUT2D eigenvalue weighted by molar-refractivity contribution is 5.99. The number of rotatable bonds is 2. The number of carbonyl (C=O) groups is 2. The molecule has 9 nitrogen and oxygen atoms in total. The fraction of sp³-hybridized carbons (Fsp3) is 0.529. The Kier molecular flexibility index (Phi) is 3.59. The second-order valence-electron chi connectivity index (χ2n) is 7.55. The van der Waals surface area contributed by atoms with Crippen LogP contribution in [-0.4, -0.2) is 57.0 Å². The molecule has 3 N–H and O–H groups in total. The fourth-order valence-electron chi connectivity index (χ4n) is 4.25. The van der Waals surface area contributed by atoms with E-state index in [1.54, 1.807) is 13.1 Å². The van der Waals surface area contributed by atoms with Crippen LogP contribution in [0.2, 0.25) is 0 Å². The standard InChI is InChI=1S/C17H19FN4O5/c1-16(8-18)2-3-17(4-5-20-27-17)10-7-22(16)15(26)11-13(24)12(23)9(14(19)25)6-21(10)11/h5-6,10,24H,2-4,7-8H2,1H3,(H2,19,25). The molecule has 2 bridgehead atoms. The molecule has 27 heavy (non-hydrogen) atoms. The Morgan fingerprint density at radius 3 is 2.81 bits per heavy atom. The molecule has 1 aromatic heterocycles. The lowest BCUT2D eigenvalue weighted by Crippen LogP contribution is -2.57. The molecule has 0 radical (unpaired) electrons. The van der Waals surface area contributed by atoms with Gasteiger partial charge < -0.3 is 25.1 Å². The van der Waals surface area contributed by atoms with E-state index >= 15 is 0 Å². The normalized spacial score (nSPS) is 31.6. The number of pyridine rings is 1. The second kappa shape index (κ2) is 5.54. The minimum Gasteiger partial charge on any atom is -0.503 e. The maximum Gasteiger partial charge on any atom is 0.275 e. The summed E-state index contributed by atoms with van der Waals surface area (Å²) in [4.78, 5) is 44.0. The van der Waals surface area contributed by atoms with Crippen molar-refractivity contribution >= 4 is 18.0 Å². The lowest BCUT2D eigenvalue weighted by molar-refractivity contribution is -0.0656. The number of amides is 2. The summed E-state index contributed by atoms with van der Waals surface area (Å²) < 4.78 is 15.3. The number of hydrogen-bond donors (Lipinski definition) is 2. The first-order valence-corrected chi connectivity index (χ1v) is 8.60. The second-order valence-corrected chi connectivity index (χ2v) is 7.55. The van der Waals surface area contributed by atoms with Gasteiger partial charge in [-0.05, 0) is 19.8 Å². The maximum absolute atomic E-state index is 13.9. The number of aromatic hydroxyl groups is 1. The minimum atomic E-state index is -1.11. The Bertz CT molecular complexity index is 934. The van der Waals surface area contributed by atoms with Gasteiger partial charge in [0.05, 0.1) is 11.6 Å². The van der Waals surface area contributed by atoms with Crippen molar-refractivity contribution in [2.45, 2.75) is 43.4 Å². The minimum absolute atomic E-state index is 0.0934. The van der Waals surface area contributed by atoms with Crippen molar-refractivity contribution in [1.29, 1.82) is 0 Å². The summed E-state index contributed by atoms with van der Waals surface area (Å²) in [6.45, 7) is 0.933. The lowest BCUT2D eigenvalue weighted by Gasteiger charge is -2.44. The number of hydrogen-bond acceptors (Lipinski definition) is 6. The molecule has 0 aliphatic carbocycles. The highest BCUT2D eigenvalue weighted by Crippen LogP contribution is 2.47. The molecule has 1 spiro atoms. The summed E-state index contributed by atoms with van der Waals surface area (Å²) in [5.74, 6) is -2.56. The molecule has 1 aromatic rings. The molecule has 10 heteroatoms. The highest BCUT2D eigenvalue weighted by atomic mass is 19.1. The molecule has 4 rings (SSSR count). The van der Waals surface area contributed by atoms with E-state index in [0.717, 1.165) is 0 Å². The van der Waals surface area contributed by atoms with Gasteiger partial charge in [0.2, 0.25) is 5.43 Å². The van der Waals surface area contributed by atoms with Crippen LogP contribution in [0.4, 0.5) is 4.39 Å². The van der Waals surface area contributed by atoms with Gasteiger partial charge in [0.15, 0.2) is 17.0 Å². The molecule has 144 valence electrons. The Hall–Kier alpha value is -2.91. The molecule has 3 aliphatic rings. The van der Waals surface area contributed by atoms with Crippen LogP contribution >= 0.6 is 0 Å². The average molecular weight is 378 g/mol. The number of halogens is 1. The SMILES string of the molecule is CC1(CF)CCC2(CC=NO2)C2CN1C(=O)c1c(O)c(=O)c(C(N)=O)cn12. The molecule has 2 amide bonds. The average Bonchev–Trinajstić information content (AvgIpc) is 3.08. The number of alkyl halides is 1. The van der Waals surface area contributed by atoms with Crippen molar-refractivity contribution in [3.63, 3.8) is 0 Å². The Morgan fingerprint density at radius 2 is 2.22 bits per heavy atom. The largest absolute Gasteiger partial charge is 0.503 e. The number of fused-ring (bicyclic) bond motifs is 5. The van der Waals surface area contributed by atoms with Crippen LogP contribution in [0, 0.1) is 0 Å². The smallest absolute Gasteiger partial charge is 0.275 e. The fourth-order valence-corrected chi connectivity index (χ4v) is 4.25. The number of primary amides is 1. The molecule has 0 saturated carbocycles. The van der Waals surface area contributed by atoms with Crippen LogP contribution in [-0.2, 0) is 4.84 Å². The molecule has 3 atom stereocenters. The molecule has 3 unspecified atom stereocenters. The summed E-state index contributed by atoms with van der Waals surface area (Å²) in [5, 5.41) is 14.3. The van der Waals surface area contributed by atoms with Gasteiger partial charge in [0.25, 0.3) is 11.8 Å². The zero-order valence-electron chi connectivity index (χ0n) is 14.6. The maximum atomic E-state index is 13.9. The Labute approximate surface area is 153 Å². The zero-order chi connectivity index (χ0) is 19.6. The Balaban J connectivity index is 2.01. The lowest BCUT2D eigenvalue weighted by atomic mass is 9.84. The number of aromatic nitrogens is 1. The first kappa shape index (κ1) is 17.5. The summed E-state index contributed by atoms with van der Waals surface area (Å²) >= 11 is 0. The third-order valence-electron chi connectivity index (χ3n) is 5.99. The molecule has 4 heterocycles. The first-order valence-electron chi connectivity index (χ1n) is 8.60. The van der Waals surface area contributed by atoms with Crippen LogP contribution < -0.4 is 11.2 Å². The van der Waals surface area contributed by atoms with Gasteiger partial charge in [-0.2, -0.15) is 0 Å². The monoisotopic (exact) mass is 378 g/mol. The predicted molar refractivity (Wildman–Crippen MR) is 91.5 cm³/mol. The molecule has 1 saturated heterocycles.